The SMILES string of the molecule is Cc1cc(OC(F)F)cc2c1NCOC2. The van der Waals surface area contributed by atoms with E-state index in [-0.39, 0.29) is 5.75 Å². The third-order valence-corrected chi connectivity index (χ3v) is 2.22. The van der Waals surface area contributed by atoms with Gasteiger partial charge in [0.25, 0.3) is 0 Å². The lowest BCUT2D eigenvalue weighted by molar-refractivity contribution is -0.0500. The first kappa shape index (κ1) is 10.2. The fraction of sp³-hybridized carbons (Fsp3) is 0.400. The van der Waals surface area contributed by atoms with Crippen LogP contribution >= 0.6 is 0 Å². The molecule has 1 N–H and O–H groups in total. The van der Waals surface area contributed by atoms with Crippen LogP contribution in [0.1, 0.15) is 11.1 Å². The fourth-order valence-corrected chi connectivity index (χ4v) is 1.65. The molecule has 0 aromatic heterocycles. The Labute approximate surface area is 86.0 Å². The van der Waals surface area contributed by atoms with E-state index in [4.69, 9.17) is 4.74 Å². The summed E-state index contributed by atoms with van der Waals surface area (Å²) in [6, 6.07) is 3.16. The molecule has 15 heavy (non-hydrogen) atoms. The maximum atomic E-state index is 12.0. The van der Waals surface area contributed by atoms with Crippen LogP contribution < -0.4 is 10.1 Å². The van der Waals surface area contributed by atoms with Gasteiger partial charge in [-0.25, -0.2) is 0 Å². The van der Waals surface area contributed by atoms with Crippen molar-refractivity contribution in [2.45, 2.75) is 20.1 Å². The van der Waals surface area contributed by atoms with Crippen LogP contribution in [-0.4, -0.2) is 13.3 Å². The summed E-state index contributed by atoms with van der Waals surface area (Å²) >= 11 is 0. The Morgan fingerprint density at radius 2 is 2.27 bits per heavy atom. The molecule has 82 valence electrons. The Hall–Kier alpha value is -1.36. The molecule has 0 aliphatic carbocycles. The van der Waals surface area contributed by atoms with Gasteiger partial charge < -0.3 is 14.8 Å². The molecule has 0 saturated heterocycles. The van der Waals surface area contributed by atoms with Crippen molar-refractivity contribution < 1.29 is 18.3 Å². The van der Waals surface area contributed by atoms with E-state index in [1.165, 1.54) is 0 Å². The second kappa shape index (κ2) is 4.02. The molecule has 0 unspecified atom stereocenters. The van der Waals surface area contributed by atoms with E-state index in [2.05, 4.69) is 10.1 Å². The summed E-state index contributed by atoms with van der Waals surface area (Å²) in [5.41, 5.74) is 2.67. The van der Waals surface area contributed by atoms with Crippen LogP contribution in [0, 0.1) is 6.92 Å². The Kier molecular flexibility index (Phi) is 2.73. The van der Waals surface area contributed by atoms with Gasteiger partial charge in [-0.05, 0) is 24.6 Å². The van der Waals surface area contributed by atoms with Crippen molar-refractivity contribution in [1.29, 1.82) is 0 Å². The van der Waals surface area contributed by atoms with Crippen molar-refractivity contribution in [3.05, 3.63) is 23.3 Å². The zero-order chi connectivity index (χ0) is 10.8. The van der Waals surface area contributed by atoms with Gasteiger partial charge >= 0.3 is 6.61 Å². The highest BCUT2D eigenvalue weighted by Gasteiger charge is 2.14. The van der Waals surface area contributed by atoms with Gasteiger partial charge in [0.2, 0.25) is 0 Å². The maximum Gasteiger partial charge on any atom is 0.387 e. The van der Waals surface area contributed by atoms with Crippen molar-refractivity contribution in [3.8, 4) is 5.75 Å². The van der Waals surface area contributed by atoms with Gasteiger partial charge in [0, 0.05) is 11.3 Å². The Morgan fingerprint density at radius 3 is 3.00 bits per heavy atom. The summed E-state index contributed by atoms with van der Waals surface area (Å²) < 4.78 is 33.5. The maximum absolute atomic E-state index is 12.0. The van der Waals surface area contributed by atoms with Crippen LogP contribution in [0.4, 0.5) is 14.5 Å². The molecular weight excluding hydrogens is 204 g/mol. The Morgan fingerprint density at radius 1 is 1.47 bits per heavy atom. The zero-order valence-electron chi connectivity index (χ0n) is 8.22. The molecule has 0 bridgehead atoms. The first-order valence-electron chi connectivity index (χ1n) is 4.57. The van der Waals surface area contributed by atoms with Crippen LogP contribution in [0.25, 0.3) is 0 Å². The molecule has 1 aromatic rings. The number of fused-ring (bicyclic) bond motifs is 1. The molecule has 1 aliphatic rings. The van der Waals surface area contributed by atoms with Crippen molar-refractivity contribution in [2.75, 3.05) is 12.0 Å². The van der Waals surface area contributed by atoms with Crippen molar-refractivity contribution in [1.82, 2.24) is 0 Å². The molecule has 0 saturated carbocycles. The molecule has 1 heterocycles. The van der Waals surface area contributed by atoms with Gasteiger partial charge in [0.1, 0.15) is 12.5 Å². The number of hydrogen-bond acceptors (Lipinski definition) is 3. The second-order valence-electron chi connectivity index (χ2n) is 3.32. The van der Waals surface area contributed by atoms with Crippen LogP contribution in [0.5, 0.6) is 5.75 Å². The first-order chi connectivity index (χ1) is 7.16. The van der Waals surface area contributed by atoms with Crippen LogP contribution in [0.15, 0.2) is 12.1 Å². The van der Waals surface area contributed by atoms with E-state index < -0.39 is 6.61 Å². The molecule has 1 aliphatic heterocycles. The minimum atomic E-state index is -2.79. The molecule has 0 spiro atoms. The molecule has 0 amide bonds. The van der Waals surface area contributed by atoms with Gasteiger partial charge in [-0.15, -0.1) is 0 Å². The molecule has 5 heteroatoms. The van der Waals surface area contributed by atoms with Gasteiger partial charge in [-0.2, -0.15) is 8.78 Å². The molecule has 0 fully saturated rings. The van der Waals surface area contributed by atoms with Gasteiger partial charge in [0.05, 0.1) is 6.61 Å². The highest BCUT2D eigenvalue weighted by Crippen LogP contribution is 2.30. The van der Waals surface area contributed by atoms with Crippen LogP contribution in [0.3, 0.4) is 0 Å². The number of benzene rings is 1. The average molecular weight is 215 g/mol. The number of anilines is 1. The lowest BCUT2D eigenvalue weighted by Gasteiger charge is -2.21. The second-order valence-corrected chi connectivity index (χ2v) is 3.32. The number of halogens is 2. The molecule has 0 radical (unpaired) electrons. The van der Waals surface area contributed by atoms with Gasteiger partial charge in [0.15, 0.2) is 0 Å². The first-order valence-corrected chi connectivity index (χ1v) is 4.57. The summed E-state index contributed by atoms with van der Waals surface area (Å²) in [5, 5.41) is 3.05. The summed E-state index contributed by atoms with van der Waals surface area (Å²) in [7, 11) is 0. The molecule has 3 nitrogen and oxygen atoms in total. The number of hydrogen-bond donors (Lipinski definition) is 1. The van der Waals surface area contributed by atoms with E-state index in [9.17, 15) is 8.78 Å². The predicted octanol–water partition coefficient (Wildman–Crippen LogP) is 2.50. The normalized spacial score (nSPS) is 14.7. The minimum absolute atomic E-state index is 0.175. The van der Waals surface area contributed by atoms with E-state index in [0.717, 1.165) is 16.8 Å². The largest absolute Gasteiger partial charge is 0.435 e. The van der Waals surface area contributed by atoms with E-state index >= 15 is 0 Å². The summed E-state index contributed by atoms with van der Waals surface area (Å²) in [5.74, 6) is 0.175. The van der Waals surface area contributed by atoms with Crippen molar-refractivity contribution >= 4 is 5.69 Å². The van der Waals surface area contributed by atoms with Crippen molar-refractivity contribution in [2.24, 2.45) is 0 Å². The summed E-state index contributed by atoms with van der Waals surface area (Å²) in [4.78, 5) is 0. The monoisotopic (exact) mass is 215 g/mol. The smallest absolute Gasteiger partial charge is 0.387 e. The number of alkyl halides is 2. The average Bonchev–Trinajstić information content (AvgIpc) is 2.16. The summed E-state index contributed by atoms with van der Waals surface area (Å²) in [6.07, 6.45) is 0. The third kappa shape index (κ3) is 2.18. The van der Waals surface area contributed by atoms with E-state index in [0.29, 0.717) is 13.3 Å². The number of nitrogens with one attached hydrogen (secondary N) is 1. The molecule has 1 aromatic carbocycles. The highest BCUT2D eigenvalue weighted by molar-refractivity contribution is 5.60. The number of rotatable bonds is 2. The lowest BCUT2D eigenvalue weighted by Crippen LogP contribution is -2.16. The van der Waals surface area contributed by atoms with Gasteiger partial charge in [-0.3, -0.25) is 0 Å². The van der Waals surface area contributed by atoms with Crippen LogP contribution in [0.2, 0.25) is 0 Å². The fourth-order valence-electron chi connectivity index (χ4n) is 1.65. The number of ether oxygens (including phenoxy) is 2. The summed E-state index contributed by atoms with van der Waals surface area (Å²) in [6.45, 7) is -0.0814. The highest BCUT2D eigenvalue weighted by atomic mass is 19.3. The van der Waals surface area contributed by atoms with Crippen LogP contribution in [-0.2, 0) is 11.3 Å². The topological polar surface area (TPSA) is 30.5 Å². The molecule has 2 rings (SSSR count). The van der Waals surface area contributed by atoms with E-state index in [1.54, 1.807) is 12.1 Å². The van der Waals surface area contributed by atoms with E-state index in [1.807, 2.05) is 6.92 Å². The zero-order valence-corrected chi connectivity index (χ0v) is 8.22. The Bertz CT molecular complexity index is 369. The number of aryl methyl sites for hydroxylation is 1. The molecule has 0 atom stereocenters. The quantitative estimate of drug-likeness (QED) is 0.822. The minimum Gasteiger partial charge on any atom is -0.435 e. The van der Waals surface area contributed by atoms with Crippen molar-refractivity contribution in [3.63, 3.8) is 0 Å². The predicted molar refractivity (Wildman–Crippen MR) is 51.1 cm³/mol. The third-order valence-electron chi connectivity index (χ3n) is 2.22. The lowest BCUT2D eigenvalue weighted by atomic mass is 10.1. The standard InChI is InChI=1S/C10H11F2NO2/c1-6-2-8(15-10(11)12)3-7-4-14-5-13-9(6)7/h2-3,10,13H,4-5H2,1H3. The molecular formula is C10H11F2NO2. The van der Waals surface area contributed by atoms with Gasteiger partial charge in [-0.1, -0.05) is 0 Å². The Balaban J connectivity index is 2.32.